The van der Waals surface area contributed by atoms with Gasteiger partial charge in [0.05, 0.1) is 5.69 Å². The third kappa shape index (κ3) is 4.20. The zero-order chi connectivity index (χ0) is 21.5. The molecule has 2 fully saturated rings. The van der Waals surface area contributed by atoms with Crippen molar-refractivity contribution in [3.63, 3.8) is 0 Å². The number of carbonyl (C=O) groups is 2. The van der Waals surface area contributed by atoms with Crippen molar-refractivity contribution in [2.75, 3.05) is 26.2 Å². The summed E-state index contributed by atoms with van der Waals surface area (Å²) in [5.41, 5.74) is 2.91. The number of benzene rings is 1. The summed E-state index contributed by atoms with van der Waals surface area (Å²) in [6.45, 7) is 10.3. The van der Waals surface area contributed by atoms with Gasteiger partial charge in [0.2, 0.25) is 0 Å². The first-order valence-electron chi connectivity index (χ1n) is 10.5. The summed E-state index contributed by atoms with van der Waals surface area (Å²) in [7, 11) is 0. The van der Waals surface area contributed by atoms with Crippen molar-refractivity contribution in [2.24, 2.45) is 5.41 Å². The molecular formula is C23H30N4O3. The number of nitrogens with one attached hydrogen (secondary N) is 1. The van der Waals surface area contributed by atoms with Crippen LogP contribution >= 0.6 is 0 Å². The lowest BCUT2D eigenvalue weighted by atomic mass is 9.86. The highest BCUT2D eigenvalue weighted by Crippen LogP contribution is 2.40. The Morgan fingerprint density at radius 1 is 1.07 bits per heavy atom. The van der Waals surface area contributed by atoms with Gasteiger partial charge in [-0.2, -0.15) is 5.10 Å². The van der Waals surface area contributed by atoms with Gasteiger partial charge in [0, 0.05) is 37.2 Å². The maximum Gasteiger partial charge on any atom is 0.410 e. The van der Waals surface area contributed by atoms with Gasteiger partial charge in [-0.15, -0.1) is 0 Å². The fourth-order valence-corrected chi connectivity index (χ4v) is 4.33. The fraction of sp³-hybridized carbons (Fsp3) is 0.522. The van der Waals surface area contributed by atoms with E-state index < -0.39 is 5.60 Å². The Morgan fingerprint density at radius 3 is 2.37 bits per heavy atom. The highest BCUT2D eigenvalue weighted by molar-refractivity contribution is 5.93. The fourth-order valence-electron chi connectivity index (χ4n) is 4.33. The third-order valence-corrected chi connectivity index (χ3v) is 5.97. The number of ether oxygens (including phenoxy) is 1. The summed E-state index contributed by atoms with van der Waals surface area (Å²) in [5, 5.41) is 7.23. The molecule has 3 heterocycles. The number of aromatic amines is 1. The molecule has 2 saturated heterocycles. The maximum absolute atomic E-state index is 13.0. The van der Waals surface area contributed by atoms with E-state index in [1.54, 1.807) is 4.90 Å². The molecule has 2 amide bonds. The van der Waals surface area contributed by atoms with Gasteiger partial charge in [-0.3, -0.25) is 9.89 Å². The molecule has 0 radical (unpaired) electrons. The molecule has 1 aromatic carbocycles. The van der Waals surface area contributed by atoms with Crippen LogP contribution in [0.2, 0.25) is 0 Å². The molecule has 0 unspecified atom stereocenters. The minimum absolute atomic E-state index is 0.0338. The predicted octanol–water partition coefficient (Wildman–Crippen LogP) is 3.86. The average molecular weight is 411 g/mol. The van der Waals surface area contributed by atoms with Crippen molar-refractivity contribution < 1.29 is 14.3 Å². The molecule has 7 nitrogen and oxygen atoms in total. The number of nitrogens with zero attached hydrogens (tertiary/aromatic N) is 3. The number of amides is 2. The molecule has 7 heteroatoms. The molecular weight excluding hydrogens is 380 g/mol. The number of aromatic nitrogens is 2. The first kappa shape index (κ1) is 20.4. The second-order valence-electron chi connectivity index (χ2n) is 9.66. The molecule has 1 spiro atoms. The van der Waals surface area contributed by atoms with Crippen molar-refractivity contribution >= 4 is 12.0 Å². The number of hydrogen-bond donors (Lipinski definition) is 1. The Labute approximate surface area is 177 Å². The lowest BCUT2D eigenvalue weighted by molar-refractivity contribution is 0.0274. The van der Waals surface area contributed by atoms with Crippen molar-refractivity contribution in [3.05, 3.63) is 41.6 Å². The minimum atomic E-state index is -0.500. The first-order valence-corrected chi connectivity index (χ1v) is 10.5. The van der Waals surface area contributed by atoms with Gasteiger partial charge in [-0.1, -0.05) is 29.8 Å². The van der Waals surface area contributed by atoms with Crippen molar-refractivity contribution in [2.45, 2.75) is 46.1 Å². The van der Waals surface area contributed by atoms with Gasteiger partial charge >= 0.3 is 6.09 Å². The Hall–Kier alpha value is -2.83. The molecule has 1 atom stereocenters. The second kappa shape index (κ2) is 7.45. The normalized spacial score (nSPS) is 21.5. The maximum atomic E-state index is 13.0. The van der Waals surface area contributed by atoms with Gasteiger partial charge in [0.25, 0.3) is 5.91 Å². The molecule has 30 heavy (non-hydrogen) atoms. The standard InChI is InChI=1S/C23H30N4O3/c1-16-5-7-17(8-6-16)18-13-19(25-24-18)20(28)26-11-9-23(14-26)10-12-27(15-23)21(29)30-22(2,3)4/h5-8,13H,9-12,14-15H2,1-4H3,(H,24,25)/t23-/m0/s1. The lowest BCUT2D eigenvalue weighted by Crippen LogP contribution is -2.38. The molecule has 0 bridgehead atoms. The zero-order valence-electron chi connectivity index (χ0n) is 18.2. The number of carbonyl (C=O) groups excluding carboxylic acids is 2. The molecule has 1 N–H and O–H groups in total. The van der Waals surface area contributed by atoms with Crippen molar-refractivity contribution in [1.29, 1.82) is 0 Å². The minimum Gasteiger partial charge on any atom is -0.444 e. The summed E-state index contributed by atoms with van der Waals surface area (Å²) in [5.74, 6) is -0.0338. The summed E-state index contributed by atoms with van der Waals surface area (Å²) in [6.07, 6.45) is 1.53. The SMILES string of the molecule is Cc1ccc(-c2cc(C(=O)N3CC[C@]4(CCN(C(=O)OC(C)(C)C)C4)C3)[nH]n2)cc1. The Morgan fingerprint density at radius 2 is 1.70 bits per heavy atom. The third-order valence-electron chi connectivity index (χ3n) is 5.97. The van der Waals surface area contributed by atoms with E-state index in [9.17, 15) is 9.59 Å². The number of hydrogen-bond acceptors (Lipinski definition) is 4. The smallest absolute Gasteiger partial charge is 0.410 e. The van der Waals surface area contributed by atoms with Crippen molar-refractivity contribution in [1.82, 2.24) is 20.0 Å². The molecule has 2 aromatic rings. The Bertz CT molecular complexity index is 944. The van der Waals surface area contributed by atoms with Crippen LogP contribution < -0.4 is 0 Å². The number of likely N-dealkylation sites (tertiary alicyclic amines) is 2. The summed E-state index contributed by atoms with van der Waals surface area (Å²) in [6, 6.07) is 9.90. The van der Waals surface area contributed by atoms with Gasteiger partial charge in [-0.05, 0) is 46.6 Å². The van der Waals surface area contributed by atoms with E-state index in [0.717, 1.165) is 24.1 Å². The van der Waals surface area contributed by atoms with Crippen LogP contribution in [0.15, 0.2) is 30.3 Å². The van der Waals surface area contributed by atoms with Crippen LogP contribution in [-0.2, 0) is 4.74 Å². The van der Waals surface area contributed by atoms with E-state index in [2.05, 4.69) is 10.2 Å². The van der Waals surface area contributed by atoms with Crippen LogP contribution in [0.4, 0.5) is 4.79 Å². The number of H-pyrrole nitrogens is 1. The molecule has 2 aliphatic rings. The van der Waals surface area contributed by atoms with E-state index in [4.69, 9.17) is 4.74 Å². The van der Waals surface area contributed by atoms with Crippen LogP contribution in [0.1, 0.15) is 49.7 Å². The Kier molecular flexibility index (Phi) is 5.08. The van der Waals surface area contributed by atoms with Crippen molar-refractivity contribution in [3.8, 4) is 11.3 Å². The molecule has 2 aliphatic heterocycles. The van der Waals surface area contributed by atoms with E-state index in [1.165, 1.54) is 5.56 Å². The quantitative estimate of drug-likeness (QED) is 0.815. The van der Waals surface area contributed by atoms with Gasteiger partial charge in [0.15, 0.2) is 0 Å². The highest BCUT2D eigenvalue weighted by Gasteiger charge is 2.46. The summed E-state index contributed by atoms with van der Waals surface area (Å²) >= 11 is 0. The Balaban J connectivity index is 1.40. The van der Waals surface area contributed by atoms with Gasteiger partial charge in [-0.25, -0.2) is 4.79 Å². The zero-order valence-corrected chi connectivity index (χ0v) is 18.2. The topological polar surface area (TPSA) is 78.5 Å². The molecule has 0 saturated carbocycles. The molecule has 0 aliphatic carbocycles. The van der Waals surface area contributed by atoms with E-state index in [-0.39, 0.29) is 17.4 Å². The predicted molar refractivity (Wildman–Crippen MR) is 114 cm³/mol. The van der Waals surface area contributed by atoms with Crippen LogP contribution in [0.3, 0.4) is 0 Å². The monoisotopic (exact) mass is 410 g/mol. The summed E-state index contributed by atoms with van der Waals surface area (Å²) < 4.78 is 5.51. The van der Waals surface area contributed by atoms with E-state index in [1.807, 2.05) is 62.9 Å². The lowest BCUT2D eigenvalue weighted by Gasteiger charge is -2.27. The van der Waals surface area contributed by atoms with Gasteiger partial charge < -0.3 is 14.5 Å². The van der Waals surface area contributed by atoms with E-state index in [0.29, 0.717) is 31.9 Å². The second-order valence-corrected chi connectivity index (χ2v) is 9.66. The van der Waals surface area contributed by atoms with Crippen LogP contribution in [0.25, 0.3) is 11.3 Å². The van der Waals surface area contributed by atoms with Gasteiger partial charge in [0.1, 0.15) is 11.3 Å². The van der Waals surface area contributed by atoms with Crippen LogP contribution in [-0.4, -0.2) is 63.8 Å². The summed E-state index contributed by atoms with van der Waals surface area (Å²) in [4.78, 5) is 29.1. The number of aryl methyl sites for hydroxylation is 1. The first-order chi connectivity index (χ1) is 14.1. The average Bonchev–Trinajstić information content (AvgIpc) is 3.41. The highest BCUT2D eigenvalue weighted by atomic mass is 16.6. The van der Waals surface area contributed by atoms with E-state index >= 15 is 0 Å². The molecule has 1 aromatic heterocycles. The van der Waals surface area contributed by atoms with Crippen LogP contribution in [0, 0.1) is 12.3 Å². The molecule has 160 valence electrons. The number of rotatable bonds is 2. The van der Waals surface area contributed by atoms with Crippen LogP contribution in [0.5, 0.6) is 0 Å². The largest absolute Gasteiger partial charge is 0.444 e. The molecule has 4 rings (SSSR count).